The third-order valence-electron chi connectivity index (χ3n) is 3.24. The lowest BCUT2D eigenvalue weighted by atomic mass is 9.95. The maximum absolute atomic E-state index is 10.6. The maximum Gasteiger partial charge on any atom is 0.318 e. The summed E-state index contributed by atoms with van der Waals surface area (Å²) in [4.78, 5) is 21.1. The molecule has 0 bridgehead atoms. The van der Waals surface area contributed by atoms with Gasteiger partial charge in [-0.15, -0.1) is 0 Å². The molecule has 18 heavy (non-hydrogen) atoms. The Hall–Kier alpha value is -1.14. The molecule has 6 heteroatoms. The van der Waals surface area contributed by atoms with Crippen LogP contribution in [0.1, 0.15) is 44.9 Å². The van der Waals surface area contributed by atoms with Gasteiger partial charge in [0.15, 0.2) is 0 Å². The number of carboxylic acids is 2. The summed E-state index contributed by atoms with van der Waals surface area (Å²) in [6.45, 7) is 0.480. The van der Waals surface area contributed by atoms with Crippen LogP contribution >= 0.6 is 0 Å². The topological polar surface area (TPSA) is 89.9 Å². The average molecular weight is 258 g/mol. The van der Waals surface area contributed by atoms with Crippen molar-refractivity contribution in [2.45, 2.75) is 51.0 Å². The van der Waals surface area contributed by atoms with Crippen molar-refractivity contribution >= 4 is 11.9 Å². The van der Waals surface area contributed by atoms with Crippen molar-refractivity contribution < 1.29 is 19.8 Å². The summed E-state index contributed by atoms with van der Waals surface area (Å²) in [6.07, 6.45) is 6.33. The number of carboxylic acid groups (broad SMARTS) is 2. The Kier molecular flexibility index (Phi) is 6.67. The first kappa shape index (κ1) is 14.9. The van der Waals surface area contributed by atoms with Gasteiger partial charge in [0.2, 0.25) is 0 Å². The molecular weight excluding hydrogens is 236 g/mol. The molecule has 6 nitrogen and oxygen atoms in total. The van der Waals surface area contributed by atoms with E-state index in [1.54, 1.807) is 0 Å². The van der Waals surface area contributed by atoms with E-state index >= 15 is 0 Å². The number of carbonyl (C=O) groups is 2. The number of hydrazine groups is 1. The first-order valence-corrected chi connectivity index (χ1v) is 6.53. The van der Waals surface area contributed by atoms with E-state index in [0.717, 1.165) is 25.7 Å². The van der Waals surface area contributed by atoms with Gasteiger partial charge >= 0.3 is 11.9 Å². The lowest BCUT2D eigenvalue weighted by molar-refractivity contribution is -0.139. The largest absolute Gasteiger partial charge is 0.481 e. The third kappa shape index (κ3) is 5.97. The third-order valence-corrected chi connectivity index (χ3v) is 3.24. The fraction of sp³-hybridized carbons (Fsp3) is 0.833. The first-order valence-electron chi connectivity index (χ1n) is 6.53. The molecule has 1 aliphatic rings. The second kappa shape index (κ2) is 8.05. The molecule has 0 unspecified atom stereocenters. The Bertz CT molecular complexity index is 277. The number of hydrogen-bond donors (Lipinski definition) is 3. The van der Waals surface area contributed by atoms with Crippen LogP contribution in [0.3, 0.4) is 0 Å². The van der Waals surface area contributed by atoms with Crippen LogP contribution in [-0.4, -0.2) is 46.3 Å². The highest BCUT2D eigenvalue weighted by Crippen LogP contribution is 2.21. The van der Waals surface area contributed by atoms with Gasteiger partial charge in [-0.1, -0.05) is 19.3 Å². The van der Waals surface area contributed by atoms with Gasteiger partial charge in [0.25, 0.3) is 0 Å². The fourth-order valence-corrected chi connectivity index (χ4v) is 2.35. The Labute approximate surface area is 107 Å². The Morgan fingerprint density at radius 2 is 1.78 bits per heavy atom. The molecule has 0 spiro atoms. The molecule has 1 fully saturated rings. The minimum Gasteiger partial charge on any atom is -0.481 e. The maximum atomic E-state index is 10.6. The van der Waals surface area contributed by atoms with Gasteiger partial charge in [0.05, 0.1) is 0 Å². The summed E-state index contributed by atoms with van der Waals surface area (Å²) in [5.41, 5.74) is 2.90. The molecule has 0 atom stereocenters. The monoisotopic (exact) mass is 258 g/mol. The van der Waals surface area contributed by atoms with Gasteiger partial charge in [0, 0.05) is 19.0 Å². The Morgan fingerprint density at radius 1 is 1.11 bits per heavy atom. The SMILES string of the molecule is O=C(O)CCCN(NCC(=O)O)C1CCCCC1. The molecule has 104 valence electrons. The van der Waals surface area contributed by atoms with Crippen LogP contribution in [0.25, 0.3) is 0 Å². The van der Waals surface area contributed by atoms with Gasteiger partial charge in [-0.25, -0.2) is 10.4 Å². The van der Waals surface area contributed by atoms with E-state index < -0.39 is 11.9 Å². The van der Waals surface area contributed by atoms with Crippen LogP contribution in [0.4, 0.5) is 0 Å². The molecule has 0 heterocycles. The van der Waals surface area contributed by atoms with Crippen LogP contribution in [0.5, 0.6) is 0 Å². The van der Waals surface area contributed by atoms with Crippen molar-refractivity contribution in [1.29, 1.82) is 0 Å². The number of aliphatic carboxylic acids is 2. The summed E-state index contributed by atoms with van der Waals surface area (Å²) in [5, 5.41) is 19.2. The van der Waals surface area contributed by atoms with Crippen LogP contribution in [0, 0.1) is 0 Å². The van der Waals surface area contributed by atoms with Crippen LogP contribution < -0.4 is 5.43 Å². The molecule has 0 radical (unpaired) electrons. The predicted molar refractivity (Wildman–Crippen MR) is 66.1 cm³/mol. The van der Waals surface area contributed by atoms with Crippen molar-refractivity contribution in [3.8, 4) is 0 Å². The summed E-state index contributed by atoms with van der Waals surface area (Å²) in [6, 6.07) is 0.340. The van der Waals surface area contributed by atoms with Crippen molar-refractivity contribution in [2.24, 2.45) is 0 Å². The smallest absolute Gasteiger partial charge is 0.318 e. The summed E-state index contributed by atoms with van der Waals surface area (Å²) in [7, 11) is 0. The zero-order valence-corrected chi connectivity index (χ0v) is 10.6. The molecule has 0 aromatic heterocycles. The first-order chi connectivity index (χ1) is 8.59. The predicted octanol–water partition coefficient (Wildman–Crippen LogP) is 1.08. The normalized spacial score (nSPS) is 16.9. The fourth-order valence-electron chi connectivity index (χ4n) is 2.35. The van der Waals surface area contributed by atoms with E-state index in [-0.39, 0.29) is 13.0 Å². The van der Waals surface area contributed by atoms with Crippen LogP contribution in [-0.2, 0) is 9.59 Å². The van der Waals surface area contributed by atoms with Gasteiger partial charge in [-0.3, -0.25) is 9.59 Å². The van der Waals surface area contributed by atoms with E-state index in [2.05, 4.69) is 5.43 Å². The summed E-state index contributed by atoms with van der Waals surface area (Å²) in [5.74, 6) is -1.70. The molecule has 0 aromatic carbocycles. The van der Waals surface area contributed by atoms with Crippen molar-refractivity contribution in [3.63, 3.8) is 0 Å². The quantitative estimate of drug-likeness (QED) is 0.564. The molecule has 0 saturated heterocycles. The van der Waals surface area contributed by atoms with E-state index in [1.165, 1.54) is 6.42 Å². The van der Waals surface area contributed by atoms with E-state index in [1.807, 2.05) is 5.01 Å². The van der Waals surface area contributed by atoms with Gasteiger partial charge in [-0.05, 0) is 19.3 Å². The number of hydrogen-bond acceptors (Lipinski definition) is 4. The van der Waals surface area contributed by atoms with Crippen LogP contribution in [0.15, 0.2) is 0 Å². The van der Waals surface area contributed by atoms with Gasteiger partial charge in [-0.2, -0.15) is 0 Å². The minimum absolute atomic E-state index is 0.108. The summed E-state index contributed by atoms with van der Waals surface area (Å²) < 4.78 is 0. The van der Waals surface area contributed by atoms with E-state index in [9.17, 15) is 9.59 Å². The Balaban J connectivity index is 2.39. The van der Waals surface area contributed by atoms with Crippen molar-refractivity contribution in [3.05, 3.63) is 0 Å². The minimum atomic E-state index is -0.894. The molecule has 0 aromatic rings. The number of rotatable bonds is 8. The highest BCUT2D eigenvalue weighted by Gasteiger charge is 2.21. The van der Waals surface area contributed by atoms with Gasteiger partial charge < -0.3 is 10.2 Å². The Morgan fingerprint density at radius 3 is 2.33 bits per heavy atom. The zero-order valence-electron chi connectivity index (χ0n) is 10.6. The van der Waals surface area contributed by atoms with Crippen molar-refractivity contribution in [1.82, 2.24) is 10.4 Å². The lowest BCUT2D eigenvalue weighted by Crippen LogP contribution is -2.48. The average Bonchev–Trinajstić information content (AvgIpc) is 2.34. The van der Waals surface area contributed by atoms with E-state index in [4.69, 9.17) is 10.2 Å². The molecule has 3 N–H and O–H groups in total. The molecule has 1 aliphatic carbocycles. The molecular formula is C12H22N2O4. The molecule has 1 saturated carbocycles. The summed E-state index contributed by atoms with van der Waals surface area (Å²) >= 11 is 0. The highest BCUT2D eigenvalue weighted by atomic mass is 16.4. The lowest BCUT2D eigenvalue weighted by Gasteiger charge is -2.34. The molecule has 0 amide bonds. The molecule has 0 aliphatic heterocycles. The van der Waals surface area contributed by atoms with Crippen molar-refractivity contribution in [2.75, 3.05) is 13.1 Å². The second-order valence-electron chi connectivity index (χ2n) is 4.71. The standard InChI is InChI=1S/C12H22N2O4/c15-11(16)7-4-8-14(13-9-12(17)18)10-5-2-1-3-6-10/h10,13H,1-9H2,(H,15,16)(H,17,18). The highest BCUT2D eigenvalue weighted by molar-refractivity contribution is 5.68. The number of nitrogens with one attached hydrogen (secondary N) is 1. The molecule has 1 rings (SSSR count). The van der Waals surface area contributed by atoms with Gasteiger partial charge in [0.1, 0.15) is 6.54 Å². The second-order valence-corrected chi connectivity index (χ2v) is 4.71. The zero-order chi connectivity index (χ0) is 13.4. The number of nitrogens with zero attached hydrogens (tertiary/aromatic N) is 1. The van der Waals surface area contributed by atoms with Crippen LogP contribution in [0.2, 0.25) is 0 Å². The van der Waals surface area contributed by atoms with E-state index in [0.29, 0.717) is 19.0 Å².